The predicted octanol–water partition coefficient (Wildman–Crippen LogP) is 4.66. The molecule has 3 aromatic rings. The van der Waals surface area contributed by atoms with E-state index in [1.807, 2.05) is 19.9 Å². The van der Waals surface area contributed by atoms with E-state index >= 15 is 0 Å². The lowest BCUT2D eigenvalue weighted by atomic mass is 10.1. The van der Waals surface area contributed by atoms with Gasteiger partial charge in [-0.25, -0.2) is 8.42 Å². The number of benzene rings is 2. The molecule has 1 aromatic heterocycles. The maximum Gasteiger partial charge on any atom is 0.262 e. The molecule has 0 bridgehead atoms. The lowest BCUT2D eigenvalue weighted by Crippen LogP contribution is -2.12. The number of nitrogens with zero attached hydrogens (tertiary/aromatic N) is 2. The molecule has 1 N–H and O–H groups in total. The van der Waals surface area contributed by atoms with Crippen LogP contribution in [-0.4, -0.2) is 18.2 Å². The zero-order valence-corrected chi connectivity index (χ0v) is 16.5. The predicted molar refractivity (Wildman–Crippen MR) is 105 cm³/mol. The van der Waals surface area contributed by atoms with Crippen molar-refractivity contribution in [3.63, 3.8) is 0 Å². The number of aromatic nitrogens is 2. The highest BCUT2D eigenvalue weighted by molar-refractivity contribution is 7.92. The second kappa shape index (κ2) is 7.31. The highest BCUT2D eigenvalue weighted by atomic mass is 35.5. The van der Waals surface area contributed by atoms with E-state index in [-0.39, 0.29) is 4.90 Å². The molecule has 3 rings (SSSR count). The van der Waals surface area contributed by atoms with Gasteiger partial charge in [0.05, 0.1) is 33.4 Å². The Morgan fingerprint density at radius 3 is 2.50 bits per heavy atom. The molecule has 5 nitrogen and oxygen atoms in total. The van der Waals surface area contributed by atoms with Gasteiger partial charge in [-0.1, -0.05) is 35.3 Å². The summed E-state index contributed by atoms with van der Waals surface area (Å²) < 4.78 is 29.2. The monoisotopic (exact) mass is 409 g/mol. The minimum absolute atomic E-state index is 0.220. The number of anilines is 1. The van der Waals surface area contributed by atoms with E-state index in [1.54, 1.807) is 41.2 Å². The molecule has 26 heavy (non-hydrogen) atoms. The first-order valence-electron chi connectivity index (χ1n) is 7.81. The van der Waals surface area contributed by atoms with Gasteiger partial charge in [-0.05, 0) is 54.8 Å². The van der Waals surface area contributed by atoms with E-state index in [1.165, 1.54) is 6.20 Å². The third kappa shape index (κ3) is 4.20. The molecule has 0 saturated carbocycles. The van der Waals surface area contributed by atoms with Gasteiger partial charge in [0.2, 0.25) is 0 Å². The number of rotatable bonds is 5. The first-order valence-corrected chi connectivity index (χ1v) is 10.0. The fourth-order valence-electron chi connectivity index (χ4n) is 2.42. The molecule has 0 unspecified atom stereocenters. The van der Waals surface area contributed by atoms with Crippen molar-refractivity contribution in [1.82, 2.24) is 9.78 Å². The van der Waals surface area contributed by atoms with Crippen LogP contribution in [0.25, 0.3) is 0 Å². The van der Waals surface area contributed by atoms with Crippen LogP contribution in [0.1, 0.15) is 16.7 Å². The highest BCUT2D eigenvalue weighted by Crippen LogP contribution is 2.23. The van der Waals surface area contributed by atoms with Gasteiger partial charge >= 0.3 is 0 Å². The summed E-state index contributed by atoms with van der Waals surface area (Å²) in [6, 6.07) is 10.3. The second-order valence-electron chi connectivity index (χ2n) is 6.03. The third-order valence-corrected chi connectivity index (χ3v) is 6.12. The van der Waals surface area contributed by atoms with Crippen molar-refractivity contribution in [2.45, 2.75) is 25.3 Å². The summed E-state index contributed by atoms with van der Waals surface area (Å²) in [5.74, 6) is 0. The lowest BCUT2D eigenvalue weighted by molar-refractivity contribution is 0.601. The van der Waals surface area contributed by atoms with Gasteiger partial charge in [-0.15, -0.1) is 0 Å². The van der Waals surface area contributed by atoms with E-state index < -0.39 is 10.0 Å². The molecule has 0 fully saturated rings. The van der Waals surface area contributed by atoms with Crippen molar-refractivity contribution in [2.75, 3.05) is 4.72 Å². The van der Waals surface area contributed by atoms with Crippen molar-refractivity contribution in [2.24, 2.45) is 0 Å². The molecule has 8 heteroatoms. The van der Waals surface area contributed by atoms with Gasteiger partial charge in [-0.3, -0.25) is 9.40 Å². The van der Waals surface area contributed by atoms with Crippen molar-refractivity contribution < 1.29 is 8.42 Å². The summed E-state index contributed by atoms with van der Waals surface area (Å²) in [5, 5.41) is 5.14. The summed E-state index contributed by atoms with van der Waals surface area (Å²) in [4.78, 5) is 0.220. The molecule has 0 radical (unpaired) electrons. The van der Waals surface area contributed by atoms with E-state index in [0.717, 1.165) is 16.7 Å². The van der Waals surface area contributed by atoms with Crippen LogP contribution in [0.3, 0.4) is 0 Å². The Morgan fingerprint density at radius 2 is 1.81 bits per heavy atom. The lowest BCUT2D eigenvalue weighted by Gasteiger charge is -2.08. The topological polar surface area (TPSA) is 64.0 Å². The smallest absolute Gasteiger partial charge is 0.262 e. The largest absolute Gasteiger partial charge is 0.276 e. The Bertz CT molecular complexity index is 1060. The summed E-state index contributed by atoms with van der Waals surface area (Å²) in [6.45, 7) is 4.26. The first kappa shape index (κ1) is 18.8. The van der Waals surface area contributed by atoms with Gasteiger partial charge in [-0.2, -0.15) is 5.10 Å². The number of hydrogen-bond acceptors (Lipinski definition) is 3. The van der Waals surface area contributed by atoms with Crippen molar-refractivity contribution in [3.05, 3.63) is 75.5 Å². The van der Waals surface area contributed by atoms with Crippen LogP contribution in [0, 0.1) is 13.8 Å². The number of aryl methyl sites for hydroxylation is 2. The van der Waals surface area contributed by atoms with Gasteiger partial charge in [0.25, 0.3) is 10.0 Å². The summed E-state index contributed by atoms with van der Waals surface area (Å²) in [6.07, 6.45) is 3.09. The maximum absolute atomic E-state index is 12.5. The molecule has 0 atom stereocenters. The molecule has 1 heterocycles. The van der Waals surface area contributed by atoms with Crippen molar-refractivity contribution in [3.8, 4) is 0 Å². The fourth-order valence-corrected chi connectivity index (χ4v) is 3.86. The van der Waals surface area contributed by atoms with E-state index in [4.69, 9.17) is 23.2 Å². The molecule has 136 valence electrons. The zero-order chi connectivity index (χ0) is 18.9. The Kier molecular flexibility index (Phi) is 5.27. The van der Waals surface area contributed by atoms with E-state index in [2.05, 4.69) is 9.82 Å². The summed E-state index contributed by atoms with van der Waals surface area (Å²) >= 11 is 11.9. The Hall–Kier alpha value is -2.02. The zero-order valence-electron chi connectivity index (χ0n) is 14.2. The van der Waals surface area contributed by atoms with E-state index in [9.17, 15) is 8.42 Å². The quantitative estimate of drug-likeness (QED) is 0.666. The van der Waals surface area contributed by atoms with Crippen LogP contribution in [0.4, 0.5) is 5.69 Å². The Labute approximate surface area is 162 Å². The van der Waals surface area contributed by atoms with Gasteiger partial charge in [0.1, 0.15) is 0 Å². The Balaban J connectivity index is 1.76. The summed E-state index contributed by atoms with van der Waals surface area (Å²) in [5.41, 5.74) is 3.26. The molecule has 0 amide bonds. The van der Waals surface area contributed by atoms with Crippen molar-refractivity contribution >= 4 is 38.9 Å². The summed E-state index contributed by atoms with van der Waals surface area (Å²) in [7, 11) is -3.67. The van der Waals surface area contributed by atoms with Crippen LogP contribution in [0.5, 0.6) is 0 Å². The minimum Gasteiger partial charge on any atom is -0.276 e. The molecular weight excluding hydrogens is 393 g/mol. The van der Waals surface area contributed by atoms with Crippen LogP contribution >= 0.6 is 23.2 Å². The van der Waals surface area contributed by atoms with Gasteiger partial charge in [0.15, 0.2) is 0 Å². The third-order valence-electron chi connectivity index (χ3n) is 4.00. The number of nitrogens with one attached hydrogen (secondary N) is 1. The fraction of sp³-hybridized carbons (Fsp3) is 0.167. The van der Waals surface area contributed by atoms with Crippen LogP contribution in [0.2, 0.25) is 10.0 Å². The van der Waals surface area contributed by atoms with Gasteiger partial charge in [0, 0.05) is 6.20 Å². The average molecular weight is 410 g/mol. The Morgan fingerprint density at radius 1 is 1.04 bits per heavy atom. The molecule has 0 saturated heterocycles. The second-order valence-corrected chi connectivity index (χ2v) is 8.52. The minimum atomic E-state index is -3.67. The molecule has 0 aliphatic heterocycles. The van der Waals surface area contributed by atoms with E-state index in [0.29, 0.717) is 22.3 Å². The van der Waals surface area contributed by atoms with Crippen molar-refractivity contribution in [1.29, 1.82) is 0 Å². The van der Waals surface area contributed by atoms with Crippen LogP contribution in [0.15, 0.2) is 53.7 Å². The molecule has 0 aliphatic rings. The highest BCUT2D eigenvalue weighted by Gasteiger charge is 2.16. The normalized spacial score (nSPS) is 11.5. The molecule has 0 spiro atoms. The van der Waals surface area contributed by atoms with Crippen LogP contribution in [-0.2, 0) is 16.6 Å². The first-order chi connectivity index (χ1) is 12.2. The SMILES string of the molecule is Cc1ccc(S(=O)(=O)Nc2cnn(Cc3ccc(Cl)c(Cl)c3)c2)cc1C. The standard InChI is InChI=1S/C18H17Cl2N3O2S/c1-12-3-5-16(7-13(12)2)26(24,25)22-15-9-21-23(11-15)10-14-4-6-17(19)18(20)8-14/h3-9,11,22H,10H2,1-2H3. The molecular formula is C18H17Cl2N3O2S. The number of halogens is 2. The molecule has 2 aromatic carbocycles. The molecule has 0 aliphatic carbocycles. The number of hydrogen-bond donors (Lipinski definition) is 1. The number of sulfonamides is 1. The van der Waals surface area contributed by atoms with Gasteiger partial charge < -0.3 is 0 Å². The van der Waals surface area contributed by atoms with Crippen LogP contribution < -0.4 is 4.72 Å². The maximum atomic E-state index is 12.5. The average Bonchev–Trinajstić information content (AvgIpc) is 2.99.